The van der Waals surface area contributed by atoms with Gasteiger partial charge < -0.3 is 10.4 Å². The topological polar surface area (TPSA) is 49.3 Å². The maximum Gasteiger partial charge on any atom is 0.252 e. The van der Waals surface area contributed by atoms with E-state index in [0.29, 0.717) is 5.56 Å². The number of thiophene rings is 3. The van der Waals surface area contributed by atoms with E-state index < -0.39 is 6.10 Å². The van der Waals surface area contributed by atoms with Crippen LogP contribution in [0.3, 0.4) is 0 Å². The van der Waals surface area contributed by atoms with Crippen LogP contribution in [0.15, 0.2) is 45.8 Å². The van der Waals surface area contributed by atoms with Crippen molar-refractivity contribution in [1.82, 2.24) is 5.32 Å². The average Bonchev–Trinajstić information content (AvgIpc) is 3.25. The summed E-state index contributed by atoms with van der Waals surface area (Å²) >= 11 is 4.69. The average molecular weight is 335 g/mol. The van der Waals surface area contributed by atoms with Gasteiger partial charge in [-0.1, -0.05) is 0 Å². The van der Waals surface area contributed by atoms with Crippen LogP contribution < -0.4 is 5.32 Å². The Kier molecular flexibility index (Phi) is 4.50. The number of hydrogen-bond donors (Lipinski definition) is 2. The summed E-state index contributed by atoms with van der Waals surface area (Å²) in [5.74, 6) is -0.148. The van der Waals surface area contributed by atoms with Crippen molar-refractivity contribution < 1.29 is 9.90 Å². The number of hydrogen-bond acceptors (Lipinski definition) is 5. The van der Waals surface area contributed by atoms with Crippen molar-refractivity contribution in [2.45, 2.75) is 6.10 Å². The van der Waals surface area contributed by atoms with Gasteiger partial charge in [-0.2, -0.15) is 22.7 Å². The van der Waals surface area contributed by atoms with Crippen LogP contribution in [0.2, 0.25) is 0 Å². The Morgan fingerprint density at radius 1 is 1.14 bits per heavy atom. The Balaban J connectivity index is 1.61. The maximum atomic E-state index is 11.8. The van der Waals surface area contributed by atoms with Crippen LogP contribution in [0.1, 0.15) is 21.3 Å². The van der Waals surface area contributed by atoms with E-state index >= 15 is 0 Å². The van der Waals surface area contributed by atoms with Gasteiger partial charge in [-0.15, -0.1) is 11.3 Å². The summed E-state index contributed by atoms with van der Waals surface area (Å²) < 4.78 is 0. The van der Waals surface area contributed by atoms with Gasteiger partial charge in [0.2, 0.25) is 0 Å². The second-order valence-corrected chi connectivity index (χ2v) is 7.13. The van der Waals surface area contributed by atoms with Gasteiger partial charge in [-0.05, 0) is 40.4 Å². The first-order valence-corrected chi connectivity index (χ1v) is 9.05. The SMILES string of the molecule is O=C(NCC(O)c1ccc(-c2ccsc2)s1)c1ccsc1. The zero-order valence-electron chi connectivity index (χ0n) is 11.0. The molecular formula is C15H13NO2S3. The lowest BCUT2D eigenvalue weighted by molar-refractivity contribution is 0.0918. The highest BCUT2D eigenvalue weighted by atomic mass is 32.1. The second-order valence-electron chi connectivity index (χ2n) is 4.45. The number of aliphatic hydroxyl groups is 1. The number of rotatable bonds is 5. The summed E-state index contributed by atoms with van der Waals surface area (Å²) in [6.45, 7) is 0.221. The van der Waals surface area contributed by atoms with Crippen molar-refractivity contribution >= 4 is 39.9 Å². The molecule has 6 heteroatoms. The highest BCUT2D eigenvalue weighted by molar-refractivity contribution is 7.16. The number of carbonyl (C=O) groups is 1. The van der Waals surface area contributed by atoms with Crippen LogP contribution in [-0.4, -0.2) is 17.6 Å². The normalized spacial score (nSPS) is 12.2. The van der Waals surface area contributed by atoms with Gasteiger partial charge in [-0.3, -0.25) is 4.79 Å². The maximum absolute atomic E-state index is 11.8. The fraction of sp³-hybridized carbons (Fsp3) is 0.133. The summed E-state index contributed by atoms with van der Waals surface area (Å²) in [4.78, 5) is 13.8. The quantitative estimate of drug-likeness (QED) is 0.740. The molecule has 0 spiro atoms. The van der Waals surface area contributed by atoms with Gasteiger partial charge in [0.15, 0.2) is 0 Å². The third-order valence-corrected chi connectivity index (χ3v) is 5.60. The molecule has 3 heterocycles. The lowest BCUT2D eigenvalue weighted by atomic mass is 10.2. The first-order chi connectivity index (χ1) is 10.2. The van der Waals surface area contributed by atoms with Crippen LogP contribution >= 0.6 is 34.0 Å². The van der Waals surface area contributed by atoms with Gasteiger partial charge in [-0.25, -0.2) is 0 Å². The monoisotopic (exact) mass is 335 g/mol. The molecular weight excluding hydrogens is 322 g/mol. The van der Waals surface area contributed by atoms with Crippen molar-refractivity contribution in [1.29, 1.82) is 0 Å². The van der Waals surface area contributed by atoms with E-state index in [1.54, 1.807) is 34.1 Å². The van der Waals surface area contributed by atoms with Gasteiger partial charge in [0, 0.05) is 32.8 Å². The summed E-state index contributed by atoms with van der Waals surface area (Å²) in [5, 5.41) is 20.7. The van der Waals surface area contributed by atoms with Crippen LogP contribution in [0.25, 0.3) is 10.4 Å². The fourth-order valence-corrected chi connectivity index (χ4v) is 4.23. The van der Waals surface area contributed by atoms with Gasteiger partial charge in [0.1, 0.15) is 6.10 Å². The molecule has 1 amide bonds. The van der Waals surface area contributed by atoms with Crippen molar-refractivity contribution in [3.63, 3.8) is 0 Å². The number of amides is 1. The van der Waals surface area contributed by atoms with E-state index in [-0.39, 0.29) is 12.5 Å². The molecule has 0 saturated carbocycles. The minimum Gasteiger partial charge on any atom is -0.386 e. The molecule has 0 aliphatic heterocycles. The predicted molar refractivity (Wildman–Crippen MR) is 89.2 cm³/mol. The van der Waals surface area contributed by atoms with E-state index in [4.69, 9.17) is 0 Å². The van der Waals surface area contributed by atoms with Gasteiger partial charge in [0.25, 0.3) is 5.91 Å². The first-order valence-electron chi connectivity index (χ1n) is 6.35. The minimum atomic E-state index is -0.676. The number of nitrogens with one attached hydrogen (secondary N) is 1. The predicted octanol–water partition coefficient (Wildman–Crippen LogP) is 4.00. The Bertz CT molecular complexity index is 701. The Labute approximate surface area is 134 Å². The van der Waals surface area contributed by atoms with Crippen molar-refractivity contribution in [3.8, 4) is 10.4 Å². The van der Waals surface area contributed by atoms with E-state index in [0.717, 1.165) is 9.75 Å². The molecule has 0 aromatic carbocycles. The van der Waals surface area contributed by atoms with Crippen molar-refractivity contribution in [2.75, 3.05) is 6.54 Å². The van der Waals surface area contributed by atoms with Crippen molar-refractivity contribution in [3.05, 3.63) is 56.2 Å². The molecule has 3 aromatic rings. The minimum absolute atomic E-state index is 0.148. The zero-order valence-corrected chi connectivity index (χ0v) is 13.4. The van der Waals surface area contributed by atoms with E-state index in [2.05, 4.69) is 16.8 Å². The van der Waals surface area contributed by atoms with E-state index in [9.17, 15) is 9.90 Å². The summed E-state index contributed by atoms with van der Waals surface area (Å²) in [6, 6.07) is 7.75. The molecule has 0 bridgehead atoms. The summed E-state index contributed by atoms with van der Waals surface area (Å²) in [7, 11) is 0. The molecule has 0 aliphatic rings. The third kappa shape index (κ3) is 3.41. The first kappa shape index (κ1) is 14.5. The molecule has 3 rings (SSSR count). The number of carbonyl (C=O) groups excluding carboxylic acids is 1. The largest absolute Gasteiger partial charge is 0.386 e. The fourth-order valence-electron chi connectivity index (χ4n) is 1.88. The molecule has 1 atom stereocenters. The lowest BCUT2D eigenvalue weighted by Gasteiger charge is -2.09. The molecule has 3 nitrogen and oxygen atoms in total. The summed E-state index contributed by atoms with van der Waals surface area (Å²) in [6.07, 6.45) is -0.676. The Hall–Kier alpha value is -1.47. The van der Waals surface area contributed by atoms with Crippen LogP contribution in [0, 0.1) is 0 Å². The molecule has 1 unspecified atom stereocenters. The zero-order chi connectivity index (χ0) is 14.7. The smallest absolute Gasteiger partial charge is 0.252 e. The van der Waals surface area contributed by atoms with Gasteiger partial charge >= 0.3 is 0 Å². The van der Waals surface area contributed by atoms with Crippen LogP contribution in [0.5, 0.6) is 0 Å². The van der Waals surface area contributed by atoms with E-state index in [1.807, 2.05) is 22.9 Å². The van der Waals surface area contributed by atoms with Crippen LogP contribution in [0.4, 0.5) is 0 Å². The standard InChI is InChI=1S/C15H13NO2S3/c17-12(7-16-15(18)11-4-6-20-9-11)14-2-1-13(21-14)10-3-5-19-8-10/h1-6,8-9,12,17H,7H2,(H,16,18). The Morgan fingerprint density at radius 2 is 1.95 bits per heavy atom. The Morgan fingerprint density at radius 3 is 2.67 bits per heavy atom. The number of aliphatic hydroxyl groups excluding tert-OH is 1. The lowest BCUT2D eigenvalue weighted by Crippen LogP contribution is -2.27. The summed E-state index contributed by atoms with van der Waals surface area (Å²) in [5.41, 5.74) is 1.81. The molecule has 21 heavy (non-hydrogen) atoms. The van der Waals surface area contributed by atoms with Crippen molar-refractivity contribution in [2.24, 2.45) is 0 Å². The molecule has 0 saturated heterocycles. The molecule has 2 N–H and O–H groups in total. The highest BCUT2D eigenvalue weighted by Crippen LogP contribution is 2.32. The highest BCUT2D eigenvalue weighted by Gasteiger charge is 2.14. The molecule has 0 aliphatic carbocycles. The molecule has 0 fully saturated rings. The molecule has 0 radical (unpaired) electrons. The van der Waals surface area contributed by atoms with Crippen LogP contribution in [-0.2, 0) is 0 Å². The molecule has 3 aromatic heterocycles. The molecule has 108 valence electrons. The second kappa shape index (κ2) is 6.53. The van der Waals surface area contributed by atoms with E-state index in [1.165, 1.54) is 16.9 Å². The van der Waals surface area contributed by atoms with Gasteiger partial charge in [0.05, 0.1) is 0 Å². The third-order valence-electron chi connectivity index (χ3n) is 3.00.